The number of hydrogen-bond donors (Lipinski definition) is 1. The van der Waals surface area contributed by atoms with E-state index in [0.717, 1.165) is 38.7 Å². The molecule has 2 N–H and O–H groups in total. The number of methoxy groups -OCH3 is 1. The number of aromatic nitrogens is 4. The SMILES string of the molecule is COC(=O)c1ccnc(Cc2cc(C#N)c3ncc(C)cc3c2)c1.Cc1cnc2c(C#N)cc(Cc3cc(C(=O)O)ccn3)cc2c1.[Li+].[OH-]. The minimum absolute atomic E-state index is 0. The van der Waals surface area contributed by atoms with E-state index in [1.807, 2.05) is 44.2 Å². The Morgan fingerprint density at radius 3 is 1.59 bits per heavy atom. The molecule has 0 fully saturated rings. The van der Waals surface area contributed by atoms with Gasteiger partial charge in [0.1, 0.15) is 12.1 Å². The van der Waals surface area contributed by atoms with Crippen molar-refractivity contribution in [2.24, 2.45) is 0 Å². The Hall–Kier alpha value is -5.96. The number of fused-ring (bicyclic) bond motifs is 2. The summed E-state index contributed by atoms with van der Waals surface area (Å²) in [6.07, 6.45) is 7.53. The van der Waals surface area contributed by atoms with Gasteiger partial charge in [-0.25, -0.2) is 9.59 Å². The van der Waals surface area contributed by atoms with Crippen LogP contribution in [0.2, 0.25) is 0 Å². The number of benzene rings is 2. The summed E-state index contributed by atoms with van der Waals surface area (Å²) in [6.45, 7) is 3.91. The van der Waals surface area contributed by atoms with Crippen molar-refractivity contribution in [2.75, 3.05) is 7.11 Å². The molecular formula is C37H29LiN6O5. The second kappa shape index (κ2) is 16.7. The maximum Gasteiger partial charge on any atom is 1.00 e. The van der Waals surface area contributed by atoms with Crippen LogP contribution in [0, 0.1) is 36.5 Å². The quantitative estimate of drug-likeness (QED) is 0.207. The second-order valence-electron chi connectivity index (χ2n) is 10.9. The minimum Gasteiger partial charge on any atom is -0.870 e. The van der Waals surface area contributed by atoms with E-state index < -0.39 is 11.9 Å². The number of carboxylic acids is 1. The van der Waals surface area contributed by atoms with Crippen LogP contribution in [0.4, 0.5) is 0 Å². The Morgan fingerprint density at radius 2 is 1.16 bits per heavy atom. The number of carboxylic acid groups (broad SMARTS) is 1. The first kappa shape index (κ1) is 37.5. The first-order chi connectivity index (χ1) is 22.7. The van der Waals surface area contributed by atoms with Crippen molar-refractivity contribution in [3.8, 4) is 12.1 Å². The van der Waals surface area contributed by atoms with Gasteiger partial charge in [0.05, 0.1) is 40.4 Å². The third kappa shape index (κ3) is 9.10. The fraction of sp³-hybridized carbons (Fsp3) is 0.135. The summed E-state index contributed by atoms with van der Waals surface area (Å²) < 4.78 is 4.73. The Bertz CT molecular complexity index is 2260. The molecule has 0 atom stereocenters. The molecule has 0 aliphatic rings. The number of pyridine rings is 4. The van der Waals surface area contributed by atoms with Crippen LogP contribution in [0.3, 0.4) is 0 Å². The summed E-state index contributed by atoms with van der Waals surface area (Å²) in [7, 11) is 1.35. The fourth-order valence-corrected chi connectivity index (χ4v) is 5.16. The number of carbonyl (C=O) groups is 2. The van der Waals surface area contributed by atoms with Crippen molar-refractivity contribution >= 4 is 33.7 Å². The Morgan fingerprint density at radius 1 is 0.714 bits per heavy atom. The van der Waals surface area contributed by atoms with Gasteiger partial charge in [0.25, 0.3) is 0 Å². The number of esters is 1. The molecule has 6 aromatic rings. The van der Waals surface area contributed by atoms with E-state index >= 15 is 0 Å². The summed E-state index contributed by atoms with van der Waals surface area (Å²) in [5.41, 5.74) is 8.36. The van der Waals surface area contributed by atoms with Gasteiger partial charge in [-0.05, 0) is 96.8 Å². The molecule has 0 spiro atoms. The van der Waals surface area contributed by atoms with Gasteiger partial charge >= 0.3 is 30.8 Å². The van der Waals surface area contributed by atoms with Crippen molar-refractivity contribution in [2.45, 2.75) is 26.7 Å². The Labute approximate surface area is 294 Å². The summed E-state index contributed by atoms with van der Waals surface area (Å²) in [6, 6.07) is 22.2. The molecule has 0 amide bonds. The van der Waals surface area contributed by atoms with Crippen LogP contribution in [-0.2, 0) is 17.6 Å². The number of nitrogens with zero attached hydrogens (tertiary/aromatic N) is 6. The zero-order valence-electron chi connectivity index (χ0n) is 27.3. The van der Waals surface area contributed by atoms with Crippen LogP contribution in [0.25, 0.3) is 21.8 Å². The molecule has 238 valence electrons. The molecular weight excluding hydrogens is 615 g/mol. The summed E-state index contributed by atoms with van der Waals surface area (Å²) in [5.74, 6) is -1.38. The normalized spacial score (nSPS) is 9.98. The summed E-state index contributed by atoms with van der Waals surface area (Å²) >= 11 is 0. The van der Waals surface area contributed by atoms with Gasteiger partial charge in [-0.15, -0.1) is 0 Å². The van der Waals surface area contributed by atoms with Crippen LogP contribution in [0.1, 0.15) is 65.5 Å². The van der Waals surface area contributed by atoms with Crippen LogP contribution >= 0.6 is 0 Å². The Kier molecular flexibility index (Phi) is 12.8. The van der Waals surface area contributed by atoms with Crippen LogP contribution in [0.15, 0.2) is 85.5 Å². The largest absolute Gasteiger partial charge is 1.00 e. The van der Waals surface area contributed by atoms with E-state index in [0.29, 0.717) is 46.3 Å². The molecule has 6 rings (SSSR count). The van der Waals surface area contributed by atoms with Gasteiger partial charge in [0.2, 0.25) is 0 Å². The van der Waals surface area contributed by atoms with Gasteiger partial charge in [0, 0.05) is 59.8 Å². The maximum absolute atomic E-state index is 11.6. The smallest absolute Gasteiger partial charge is 0.870 e. The topological polar surface area (TPSA) is 193 Å². The number of ether oxygens (including phenoxy) is 1. The van der Waals surface area contributed by atoms with E-state index in [1.54, 1.807) is 42.9 Å². The van der Waals surface area contributed by atoms with Gasteiger partial charge in [0.15, 0.2) is 0 Å². The van der Waals surface area contributed by atoms with Gasteiger partial charge in [-0.1, -0.05) is 0 Å². The predicted molar refractivity (Wildman–Crippen MR) is 177 cm³/mol. The molecule has 4 heterocycles. The molecule has 0 saturated heterocycles. The van der Waals surface area contributed by atoms with Crippen molar-refractivity contribution in [3.05, 3.63) is 141 Å². The average molecular weight is 645 g/mol. The van der Waals surface area contributed by atoms with Crippen molar-refractivity contribution in [1.82, 2.24) is 19.9 Å². The summed E-state index contributed by atoms with van der Waals surface area (Å²) in [4.78, 5) is 39.8. The average Bonchev–Trinajstić information content (AvgIpc) is 3.07. The molecule has 0 unspecified atom stereocenters. The van der Waals surface area contributed by atoms with Gasteiger partial charge < -0.3 is 15.3 Å². The van der Waals surface area contributed by atoms with Gasteiger partial charge in [-0.2, -0.15) is 10.5 Å². The van der Waals surface area contributed by atoms with Gasteiger partial charge in [-0.3, -0.25) is 19.9 Å². The second-order valence-corrected chi connectivity index (χ2v) is 10.9. The molecule has 0 aliphatic carbocycles. The van der Waals surface area contributed by atoms with E-state index in [4.69, 9.17) is 9.84 Å². The maximum atomic E-state index is 11.6. The van der Waals surface area contributed by atoms with Crippen LogP contribution < -0.4 is 18.9 Å². The number of rotatable bonds is 6. The summed E-state index contributed by atoms with van der Waals surface area (Å²) in [5, 5.41) is 29.6. The van der Waals surface area contributed by atoms with E-state index in [2.05, 4.69) is 32.1 Å². The van der Waals surface area contributed by atoms with E-state index in [-0.39, 0.29) is 29.9 Å². The number of nitriles is 2. The Balaban J connectivity index is 0.000000255. The fourth-order valence-electron chi connectivity index (χ4n) is 5.16. The first-order valence-corrected chi connectivity index (χ1v) is 14.5. The molecule has 12 heteroatoms. The van der Waals surface area contributed by atoms with Crippen LogP contribution in [0.5, 0.6) is 0 Å². The van der Waals surface area contributed by atoms with Crippen molar-refractivity contribution in [1.29, 1.82) is 10.5 Å². The third-order valence-corrected chi connectivity index (χ3v) is 7.27. The molecule has 0 saturated carbocycles. The molecule has 0 aliphatic heterocycles. The van der Waals surface area contributed by atoms with Crippen LogP contribution in [-0.4, -0.2) is 49.6 Å². The molecule has 4 aromatic heterocycles. The zero-order valence-corrected chi connectivity index (χ0v) is 27.3. The number of aryl methyl sites for hydroxylation is 2. The van der Waals surface area contributed by atoms with E-state index in [1.165, 1.54) is 19.4 Å². The molecule has 0 radical (unpaired) electrons. The predicted octanol–water partition coefficient (Wildman–Crippen LogP) is 3.11. The van der Waals surface area contributed by atoms with Crippen molar-refractivity contribution < 1.29 is 43.8 Å². The zero-order chi connectivity index (χ0) is 33.5. The number of aromatic carboxylic acids is 1. The minimum atomic E-state index is -0.982. The standard InChI is InChI=1S/C19H15N3O2.C18H13N3O2.Li.H2O/c1-12-5-15-6-13(7-16(10-20)18(15)22-11-12)8-17-9-14(3-4-21-17)19(23)24-2;1-11-4-14-5-12(6-15(9-19)17(14)21-10-11)7-16-8-13(18(22)23)2-3-20-16;;/h3-7,9,11H,8H2,1-2H3;2-6,8,10H,7H2,1H3,(H,22,23);;1H2/q;;+1;/p-1. The van der Waals surface area contributed by atoms with Crippen molar-refractivity contribution in [3.63, 3.8) is 0 Å². The number of hydrogen-bond acceptors (Lipinski definition) is 10. The molecule has 0 bridgehead atoms. The molecule has 49 heavy (non-hydrogen) atoms. The number of carbonyl (C=O) groups excluding carboxylic acids is 1. The third-order valence-electron chi connectivity index (χ3n) is 7.27. The first-order valence-electron chi connectivity index (χ1n) is 14.5. The monoisotopic (exact) mass is 644 g/mol. The van der Waals surface area contributed by atoms with E-state index in [9.17, 15) is 20.1 Å². The molecule has 2 aromatic carbocycles. The molecule has 11 nitrogen and oxygen atoms in total.